The van der Waals surface area contributed by atoms with E-state index in [9.17, 15) is 0 Å². The maximum absolute atomic E-state index is 5.86. The number of hydrogen-bond donors (Lipinski definition) is 1. The van der Waals surface area contributed by atoms with Crippen molar-refractivity contribution in [3.05, 3.63) is 0 Å². The zero-order valence-electron chi connectivity index (χ0n) is 8.22. The molecule has 0 amide bonds. The van der Waals surface area contributed by atoms with Crippen molar-refractivity contribution in [2.75, 3.05) is 13.2 Å². The topological polar surface area (TPSA) is 44.5 Å². The minimum Gasteiger partial charge on any atom is -0.348 e. The number of rotatable bonds is 3. The molecular formula is C9H19NO2. The molecule has 12 heavy (non-hydrogen) atoms. The highest BCUT2D eigenvalue weighted by Gasteiger charge is 2.31. The van der Waals surface area contributed by atoms with Gasteiger partial charge in [0.2, 0.25) is 0 Å². The second kappa shape index (κ2) is 3.32. The molecule has 0 aromatic carbocycles. The fourth-order valence-electron chi connectivity index (χ4n) is 1.25. The van der Waals surface area contributed by atoms with Crippen LogP contribution in [0.3, 0.4) is 0 Å². The Hall–Kier alpha value is -0.120. The lowest BCUT2D eigenvalue weighted by Crippen LogP contribution is -2.36. The second-order valence-electron chi connectivity index (χ2n) is 4.32. The predicted octanol–water partition coefficient (Wildman–Crippen LogP) is 1.27. The van der Waals surface area contributed by atoms with Crippen molar-refractivity contribution < 1.29 is 9.47 Å². The van der Waals surface area contributed by atoms with Crippen molar-refractivity contribution in [2.24, 2.45) is 5.73 Å². The summed E-state index contributed by atoms with van der Waals surface area (Å²) < 4.78 is 10.9. The third-order valence-corrected chi connectivity index (χ3v) is 2.12. The third kappa shape index (κ3) is 3.09. The molecule has 0 aromatic rings. The molecule has 3 heteroatoms. The molecule has 0 saturated carbocycles. The highest BCUT2D eigenvalue weighted by Crippen LogP contribution is 2.26. The van der Waals surface area contributed by atoms with Crippen LogP contribution in [0.1, 0.15) is 33.6 Å². The molecule has 2 N–H and O–H groups in total. The van der Waals surface area contributed by atoms with Crippen LogP contribution in [-0.2, 0) is 9.47 Å². The van der Waals surface area contributed by atoms with Crippen molar-refractivity contribution in [3.63, 3.8) is 0 Å². The Kier molecular flexibility index (Phi) is 2.76. The predicted molar refractivity (Wildman–Crippen MR) is 47.8 cm³/mol. The average Bonchev–Trinajstić information content (AvgIpc) is 2.32. The first kappa shape index (κ1) is 9.96. The summed E-state index contributed by atoms with van der Waals surface area (Å²) >= 11 is 0. The quantitative estimate of drug-likeness (QED) is 0.699. The molecular weight excluding hydrogens is 154 g/mol. The van der Waals surface area contributed by atoms with Crippen LogP contribution in [0, 0.1) is 0 Å². The van der Waals surface area contributed by atoms with Gasteiger partial charge in [0.15, 0.2) is 5.79 Å². The largest absolute Gasteiger partial charge is 0.348 e. The van der Waals surface area contributed by atoms with Gasteiger partial charge in [-0.1, -0.05) is 0 Å². The third-order valence-electron chi connectivity index (χ3n) is 2.12. The lowest BCUT2D eigenvalue weighted by molar-refractivity contribution is -0.149. The molecule has 1 fully saturated rings. The van der Waals surface area contributed by atoms with E-state index in [2.05, 4.69) is 0 Å². The van der Waals surface area contributed by atoms with Crippen LogP contribution in [0.5, 0.6) is 0 Å². The summed E-state index contributed by atoms with van der Waals surface area (Å²) in [5.74, 6) is -0.378. The zero-order chi connectivity index (χ0) is 9.24. The van der Waals surface area contributed by atoms with Gasteiger partial charge in [-0.05, 0) is 27.2 Å². The van der Waals surface area contributed by atoms with Gasteiger partial charge in [0.25, 0.3) is 0 Å². The normalized spacial score (nSPS) is 23.0. The number of hydrogen-bond acceptors (Lipinski definition) is 3. The first-order chi connectivity index (χ1) is 5.41. The van der Waals surface area contributed by atoms with Gasteiger partial charge >= 0.3 is 0 Å². The molecule has 0 atom stereocenters. The molecule has 72 valence electrons. The van der Waals surface area contributed by atoms with Crippen LogP contribution in [0.15, 0.2) is 0 Å². The fourth-order valence-corrected chi connectivity index (χ4v) is 1.25. The molecule has 1 saturated heterocycles. The van der Waals surface area contributed by atoms with Crippen molar-refractivity contribution in [1.82, 2.24) is 0 Å². The Morgan fingerprint density at radius 2 is 1.83 bits per heavy atom. The van der Waals surface area contributed by atoms with Gasteiger partial charge in [0, 0.05) is 12.0 Å². The molecule has 1 rings (SSSR count). The van der Waals surface area contributed by atoms with Crippen LogP contribution in [-0.4, -0.2) is 24.5 Å². The maximum atomic E-state index is 5.86. The van der Waals surface area contributed by atoms with Crippen LogP contribution >= 0.6 is 0 Å². The van der Waals surface area contributed by atoms with E-state index in [0.717, 1.165) is 12.8 Å². The summed E-state index contributed by atoms with van der Waals surface area (Å²) in [5.41, 5.74) is 5.73. The van der Waals surface area contributed by atoms with E-state index in [1.165, 1.54) is 0 Å². The Balaban J connectivity index is 2.30. The SMILES string of the molecule is CC(C)(N)CCC1(C)OCCO1. The van der Waals surface area contributed by atoms with Crippen LogP contribution in [0.4, 0.5) is 0 Å². The summed E-state index contributed by atoms with van der Waals surface area (Å²) in [6, 6.07) is 0. The lowest BCUT2D eigenvalue weighted by Gasteiger charge is -2.26. The Labute approximate surface area is 74.2 Å². The molecule has 1 aliphatic rings. The van der Waals surface area contributed by atoms with E-state index < -0.39 is 0 Å². The summed E-state index contributed by atoms with van der Waals surface area (Å²) in [4.78, 5) is 0. The standard InChI is InChI=1S/C9H19NO2/c1-8(2,10)4-5-9(3)11-6-7-12-9/h4-7,10H2,1-3H3. The Bertz CT molecular complexity index is 145. The van der Waals surface area contributed by atoms with Gasteiger partial charge in [-0.3, -0.25) is 0 Å². The van der Waals surface area contributed by atoms with Crippen LogP contribution < -0.4 is 5.73 Å². The van der Waals surface area contributed by atoms with Gasteiger partial charge in [-0.15, -0.1) is 0 Å². The summed E-state index contributed by atoms with van der Waals surface area (Å²) in [6.45, 7) is 7.44. The molecule has 0 aliphatic carbocycles. The van der Waals surface area contributed by atoms with E-state index in [1.54, 1.807) is 0 Å². The first-order valence-corrected chi connectivity index (χ1v) is 4.48. The molecule has 0 aromatic heterocycles. The Morgan fingerprint density at radius 1 is 1.33 bits per heavy atom. The Morgan fingerprint density at radius 3 is 2.25 bits per heavy atom. The lowest BCUT2D eigenvalue weighted by atomic mass is 9.97. The average molecular weight is 173 g/mol. The minimum atomic E-state index is -0.378. The van der Waals surface area contributed by atoms with Gasteiger partial charge in [0.05, 0.1) is 13.2 Å². The number of ether oxygens (including phenoxy) is 2. The highest BCUT2D eigenvalue weighted by atomic mass is 16.7. The van der Waals surface area contributed by atoms with E-state index in [4.69, 9.17) is 15.2 Å². The fraction of sp³-hybridized carbons (Fsp3) is 1.00. The van der Waals surface area contributed by atoms with E-state index in [1.807, 2.05) is 20.8 Å². The van der Waals surface area contributed by atoms with Crippen LogP contribution in [0.25, 0.3) is 0 Å². The zero-order valence-corrected chi connectivity index (χ0v) is 8.22. The second-order valence-corrected chi connectivity index (χ2v) is 4.32. The van der Waals surface area contributed by atoms with Crippen molar-refractivity contribution in [2.45, 2.75) is 44.9 Å². The van der Waals surface area contributed by atoms with Crippen molar-refractivity contribution in [1.29, 1.82) is 0 Å². The molecule has 0 bridgehead atoms. The molecule has 3 nitrogen and oxygen atoms in total. The minimum absolute atomic E-state index is 0.127. The summed E-state index contributed by atoms with van der Waals surface area (Å²) in [5, 5.41) is 0. The van der Waals surface area contributed by atoms with Gasteiger partial charge in [-0.25, -0.2) is 0 Å². The summed E-state index contributed by atoms with van der Waals surface area (Å²) in [6.07, 6.45) is 1.79. The van der Waals surface area contributed by atoms with Crippen LogP contribution in [0.2, 0.25) is 0 Å². The molecule has 1 heterocycles. The molecule has 0 radical (unpaired) electrons. The van der Waals surface area contributed by atoms with Crippen molar-refractivity contribution in [3.8, 4) is 0 Å². The highest BCUT2D eigenvalue weighted by molar-refractivity contribution is 4.77. The van der Waals surface area contributed by atoms with E-state index in [-0.39, 0.29) is 11.3 Å². The van der Waals surface area contributed by atoms with E-state index in [0.29, 0.717) is 13.2 Å². The van der Waals surface area contributed by atoms with Crippen molar-refractivity contribution >= 4 is 0 Å². The first-order valence-electron chi connectivity index (χ1n) is 4.48. The molecule has 0 spiro atoms. The van der Waals surface area contributed by atoms with E-state index >= 15 is 0 Å². The smallest absolute Gasteiger partial charge is 0.165 e. The van der Waals surface area contributed by atoms with Gasteiger partial charge in [0.1, 0.15) is 0 Å². The molecule has 1 aliphatic heterocycles. The summed E-state index contributed by atoms with van der Waals surface area (Å²) in [7, 11) is 0. The van der Waals surface area contributed by atoms with Gasteiger partial charge in [-0.2, -0.15) is 0 Å². The molecule has 0 unspecified atom stereocenters. The maximum Gasteiger partial charge on any atom is 0.165 e. The number of nitrogens with two attached hydrogens (primary N) is 1. The van der Waals surface area contributed by atoms with Gasteiger partial charge < -0.3 is 15.2 Å². The monoisotopic (exact) mass is 173 g/mol.